The van der Waals surface area contributed by atoms with Crippen LogP contribution in [0.15, 0.2) is 12.1 Å². The van der Waals surface area contributed by atoms with Crippen molar-refractivity contribution in [2.45, 2.75) is 12.5 Å². The minimum absolute atomic E-state index is 0.00571. The normalized spacial score (nSPS) is 18.5. The zero-order chi connectivity index (χ0) is 15.0. The Bertz CT molecular complexity index is 617. The second-order valence-electron chi connectivity index (χ2n) is 4.48. The van der Waals surface area contributed by atoms with Gasteiger partial charge < -0.3 is 16.8 Å². The van der Waals surface area contributed by atoms with Crippen LogP contribution in [-0.2, 0) is 9.59 Å². The van der Waals surface area contributed by atoms with Crippen molar-refractivity contribution in [2.24, 2.45) is 5.73 Å². The number of nitrogens with zero attached hydrogens (tertiary/aromatic N) is 1. The number of hydrogen-bond donors (Lipinski definition) is 3. The summed E-state index contributed by atoms with van der Waals surface area (Å²) in [7, 11) is 1.39. The highest BCUT2D eigenvalue weighted by Gasteiger charge is 2.36. The first-order chi connectivity index (χ1) is 9.31. The van der Waals surface area contributed by atoms with Gasteiger partial charge in [0.2, 0.25) is 5.91 Å². The molecule has 106 valence electrons. The number of nitrogens with two attached hydrogens (primary N) is 2. The number of likely N-dealkylation sites (tertiary alicyclic amines) is 1. The predicted molar refractivity (Wildman–Crippen MR) is 74.2 cm³/mol. The monoisotopic (exact) mass is 296 g/mol. The molecule has 0 aliphatic carbocycles. The van der Waals surface area contributed by atoms with Gasteiger partial charge >= 0.3 is 0 Å². The summed E-state index contributed by atoms with van der Waals surface area (Å²) in [5.74, 6) is -1.43. The first-order valence-corrected chi connectivity index (χ1v) is 6.14. The summed E-state index contributed by atoms with van der Waals surface area (Å²) < 4.78 is 0. The second-order valence-corrected chi connectivity index (χ2v) is 4.89. The van der Waals surface area contributed by atoms with Crippen LogP contribution in [0, 0.1) is 0 Å². The van der Waals surface area contributed by atoms with Crippen molar-refractivity contribution in [3.8, 4) is 0 Å². The lowest BCUT2D eigenvalue weighted by Gasteiger charge is -2.16. The van der Waals surface area contributed by atoms with Crippen LogP contribution in [0.3, 0.4) is 0 Å². The first kappa shape index (κ1) is 14.1. The van der Waals surface area contributed by atoms with Gasteiger partial charge in [-0.05, 0) is 12.1 Å². The number of amides is 3. The maximum absolute atomic E-state index is 11.8. The molecule has 1 aromatic rings. The molecule has 20 heavy (non-hydrogen) atoms. The van der Waals surface area contributed by atoms with Crippen LogP contribution < -0.4 is 16.8 Å². The van der Waals surface area contributed by atoms with Crippen molar-refractivity contribution in [3.05, 3.63) is 22.7 Å². The highest BCUT2D eigenvalue weighted by atomic mass is 35.5. The summed E-state index contributed by atoms with van der Waals surface area (Å²) in [6.07, 6.45) is -0.00571. The van der Waals surface area contributed by atoms with E-state index in [1.54, 1.807) is 0 Å². The fourth-order valence-electron chi connectivity index (χ4n) is 2.01. The molecule has 1 heterocycles. The summed E-state index contributed by atoms with van der Waals surface area (Å²) in [6.45, 7) is 0. The molecule has 0 aromatic heterocycles. The fourth-order valence-corrected chi connectivity index (χ4v) is 2.29. The molecular weight excluding hydrogens is 284 g/mol. The number of imide groups is 1. The quantitative estimate of drug-likeness (QED) is 0.543. The van der Waals surface area contributed by atoms with Gasteiger partial charge in [-0.2, -0.15) is 0 Å². The average Bonchev–Trinajstić information content (AvgIpc) is 2.59. The molecule has 1 aromatic carbocycles. The van der Waals surface area contributed by atoms with Crippen LogP contribution in [-0.4, -0.2) is 35.7 Å². The number of benzene rings is 1. The summed E-state index contributed by atoms with van der Waals surface area (Å²) >= 11 is 6.02. The number of anilines is 2. The van der Waals surface area contributed by atoms with Crippen molar-refractivity contribution >= 4 is 40.7 Å². The summed E-state index contributed by atoms with van der Waals surface area (Å²) in [5.41, 5.74) is 11.4. The summed E-state index contributed by atoms with van der Waals surface area (Å²) in [5, 5.41) is 2.96. The van der Waals surface area contributed by atoms with E-state index in [2.05, 4.69) is 5.32 Å². The van der Waals surface area contributed by atoms with Gasteiger partial charge in [-0.3, -0.25) is 19.3 Å². The van der Waals surface area contributed by atoms with E-state index in [1.165, 1.54) is 19.2 Å². The second kappa shape index (κ2) is 5.01. The van der Waals surface area contributed by atoms with Crippen LogP contribution in [0.5, 0.6) is 0 Å². The third kappa shape index (κ3) is 2.39. The van der Waals surface area contributed by atoms with Crippen LogP contribution >= 0.6 is 11.6 Å². The maximum Gasteiger partial charge on any atom is 0.251 e. The molecule has 8 heteroatoms. The molecule has 0 bridgehead atoms. The molecule has 2 rings (SSSR count). The Balaban J connectivity index is 2.37. The molecule has 3 amide bonds. The van der Waals surface area contributed by atoms with Crippen molar-refractivity contribution in [2.75, 3.05) is 18.1 Å². The van der Waals surface area contributed by atoms with Crippen LogP contribution in [0.1, 0.15) is 16.8 Å². The Morgan fingerprint density at radius 1 is 1.45 bits per heavy atom. The molecule has 1 aliphatic rings. The number of likely N-dealkylation sites (N-methyl/N-ethyl adjacent to an activating group) is 1. The van der Waals surface area contributed by atoms with Gasteiger partial charge in [-0.15, -0.1) is 0 Å². The van der Waals surface area contributed by atoms with Crippen molar-refractivity contribution in [3.63, 3.8) is 0 Å². The number of nitrogen functional groups attached to an aromatic ring is 1. The lowest BCUT2D eigenvalue weighted by atomic mass is 10.1. The lowest BCUT2D eigenvalue weighted by Crippen LogP contribution is -2.32. The minimum Gasteiger partial charge on any atom is -0.399 e. The Labute approximate surface area is 119 Å². The smallest absolute Gasteiger partial charge is 0.251 e. The third-order valence-corrected chi connectivity index (χ3v) is 3.38. The van der Waals surface area contributed by atoms with Gasteiger partial charge in [0.1, 0.15) is 6.04 Å². The van der Waals surface area contributed by atoms with E-state index in [9.17, 15) is 14.4 Å². The van der Waals surface area contributed by atoms with E-state index in [0.717, 1.165) is 4.90 Å². The van der Waals surface area contributed by atoms with Crippen molar-refractivity contribution in [1.82, 2.24) is 4.90 Å². The molecule has 0 saturated carbocycles. The number of primary amides is 1. The summed E-state index contributed by atoms with van der Waals surface area (Å²) in [6, 6.07) is 2.02. The van der Waals surface area contributed by atoms with E-state index < -0.39 is 17.9 Å². The number of hydrogen-bond acceptors (Lipinski definition) is 5. The SMILES string of the molecule is CN1C(=O)CC(Nc2c(Cl)cc(N)cc2C(N)=O)C1=O. The van der Waals surface area contributed by atoms with E-state index in [-0.39, 0.29) is 34.3 Å². The zero-order valence-electron chi connectivity index (χ0n) is 10.6. The standard InChI is InChI=1S/C12H13ClN4O3/c1-17-9(18)4-8(12(17)20)16-10-6(11(15)19)2-5(14)3-7(10)13/h2-3,8,16H,4,14H2,1H3,(H2,15,19). The summed E-state index contributed by atoms with van der Waals surface area (Å²) in [4.78, 5) is 35.7. The molecule has 0 spiro atoms. The van der Waals surface area contributed by atoms with Gasteiger partial charge in [-0.25, -0.2) is 0 Å². The third-order valence-electron chi connectivity index (χ3n) is 3.08. The molecule has 1 atom stereocenters. The Kier molecular flexibility index (Phi) is 3.54. The van der Waals surface area contributed by atoms with Crippen molar-refractivity contribution < 1.29 is 14.4 Å². The molecule has 5 N–H and O–H groups in total. The molecular formula is C12H13ClN4O3. The van der Waals surface area contributed by atoms with Crippen LogP contribution in [0.25, 0.3) is 0 Å². The number of nitrogens with one attached hydrogen (secondary N) is 1. The van der Waals surface area contributed by atoms with E-state index in [1.807, 2.05) is 0 Å². The number of rotatable bonds is 3. The molecule has 1 fully saturated rings. The molecule has 1 unspecified atom stereocenters. The van der Waals surface area contributed by atoms with E-state index in [0.29, 0.717) is 0 Å². The maximum atomic E-state index is 11.8. The first-order valence-electron chi connectivity index (χ1n) is 5.77. The molecule has 1 saturated heterocycles. The number of halogens is 1. The Morgan fingerprint density at radius 2 is 2.10 bits per heavy atom. The van der Waals surface area contributed by atoms with Crippen LogP contribution in [0.4, 0.5) is 11.4 Å². The van der Waals surface area contributed by atoms with Gasteiger partial charge in [0.05, 0.1) is 22.7 Å². The van der Waals surface area contributed by atoms with Gasteiger partial charge in [0.25, 0.3) is 11.8 Å². The number of carbonyl (C=O) groups is 3. The minimum atomic E-state index is -0.772. The highest BCUT2D eigenvalue weighted by Crippen LogP contribution is 2.31. The predicted octanol–water partition coefficient (Wildman–Crippen LogP) is 0.190. The van der Waals surface area contributed by atoms with E-state index in [4.69, 9.17) is 23.1 Å². The van der Waals surface area contributed by atoms with Crippen LogP contribution in [0.2, 0.25) is 5.02 Å². The average molecular weight is 297 g/mol. The lowest BCUT2D eigenvalue weighted by molar-refractivity contribution is -0.136. The van der Waals surface area contributed by atoms with Gasteiger partial charge in [0, 0.05) is 12.7 Å². The topological polar surface area (TPSA) is 119 Å². The van der Waals surface area contributed by atoms with Crippen molar-refractivity contribution in [1.29, 1.82) is 0 Å². The largest absolute Gasteiger partial charge is 0.399 e. The Morgan fingerprint density at radius 3 is 2.60 bits per heavy atom. The van der Waals surface area contributed by atoms with E-state index >= 15 is 0 Å². The Hall–Kier alpha value is -2.28. The highest BCUT2D eigenvalue weighted by molar-refractivity contribution is 6.34. The molecule has 1 aliphatic heterocycles. The molecule has 7 nitrogen and oxygen atoms in total. The molecule has 0 radical (unpaired) electrons. The van der Waals surface area contributed by atoms with Gasteiger partial charge in [0.15, 0.2) is 0 Å². The zero-order valence-corrected chi connectivity index (χ0v) is 11.4. The fraction of sp³-hybridized carbons (Fsp3) is 0.250. The van der Waals surface area contributed by atoms with Gasteiger partial charge in [-0.1, -0.05) is 11.6 Å². The number of carbonyl (C=O) groups excluding carboxylic acids is 3.